The van der Waals surface area contributed by atoms with E-state index in [0.717, 1.165) is 16.5 Å². The van der Waals surface area contributed by atoms with E-state index in [-0.39, 0.29) is 11.6 Å². The molecular formula is C20H15N5O3S. The summed E-state index contributed by atoms with van der Waals surface area (Å²) in [5, 5.41) is 3.96. The lowest BCUT2D eigenvalue weighted by Crippen LogP contribution is -2.22. The van der Waals surface area contributed by atoms with Crippen LogP contribution in [0.1, 0.15) is 6.92 Å². The number of aromatic nitrogens is 4. The van der Waals surface area contributed by atoms with Crippen molar-refractivity contribution in [3.8, 4) is 0 Å². The number of imidazole rings is 1. The second kappa shape index (κ2) is 6.78. The molecule has 8 nitrogen and oxygen atoms in total. The van der Waals surface area contributed by atoms with Gasteiger partial charge in [-0.05, 0) is 37.3 Å². The van der Waals surface area contributed by atoms with Crippen molar-refractivity contribution < 1.29 is 9.21 Å². The zero-order chi connectivity index (χ0) is 20.0. The molecule has 9 heteroatoms. The summed E-state index contributed by atoms with van der Waals surface area (Å²) in [5.41, 5.74) is 3.66. The van der Waals surface area contributed by atoms with E-state index in [9.17, 15) is 9.59 Å². The number of benzene rings is 2. The van der Waals surface area contributed by atoms with Gasteiger partial charge in [-0.3, -0.25) is 4.79 Å². The minimum Gasteiger partial charge on any atom is -0.451 e. The zero-order valence-electron chi connectivity index (χ0n) is 15.2. The standard InChI is InChI=1S/C20H15N5O3S/c1-10(18(26)23-11-6-7-13-14(8-11)25-20(27)24-13)29-19-17-16(21-9-22-19)12-4-2-3-5-15(12)28-17/h2-10H,1H3,(H,23,26)(H2,24,25,27)/t10-/m0/s1. The van der Waals surface area contributed by atoms with Crippen molar-refractivity contribution in [2.24, 2.45) is 0 Å². The third-order valence-electron chi connectivity index (χ3n) is 4.57. The molecule has 1 amide bonds. The molecule has 0 fully saturated rings. The molecule has 0 aliphatic heterocycles. The quantitative estimate of drug-likeness (QED) is 0.310. The number of amides is 1. The van der Waals surface area contributed by atoms with Crippen LogP contribution < -0.4 is 11.0 Å². The molecule has 3 heterocycles. The second-order valence-electron chi connectivity index (χ2n) is 6.54. The molecule has 3 N–H and O–H groups in total. The highest BCUT2D eigenvalue weighted by atomic mass is 32.2. The molecule has 1 atom stereocenters. The fraction of sp³-hybridized carbons (Fsp3) is 0.100. The predicted octanol–water partition coefficient (Wildman–Crippen LogP) is 3.66. The Labute approximate surface area is 167 Å². The van der Waals surface area contributed by atoms with E-state index >= 15 is 0 Å². The number of aromatic amines is 2. The number of nitrogens with one attached hydrogen (secondary N) is 3. The number of para-hydroxylation sites is 1. The Morgan fingerprint density at radius 2 is 1.97 bits per heavy atom. The van der Waals surface area contributed by atoms with Crippen LogP contribution in [0.25, 0.3) is 33.1 Å². The van der Waals surface area contributed by atoms with E-state index in [0.29, 0.717) is 27.3 Å². The summed E-state index contributed by atoms with van der Waals surface area (Å²) < 4.78 is 5.92. The highest BCUT2D eigenvalue weighted by molar-refractivity contribution is 8.00. The van der Waals surface area contributed by atoms with Gasteiger partial charge < -0.3 is 19.7 Å². The molecule has 0 spiro atoms. The Kier molecular flexibility index (Phi) is 4.09. The van der Waals surface area contributed by atoms with E-state index < -0.39 is 5.25 Å². The molecule has 0 saturated carbocycles. The first-order valence-corrected chi connectivity index (χ1v) is 9.78. The lowest BCUT2D eigenvalue weighted by atomic mass is 10.2. The molecule has 0 saturated heterocycles. The van der Waals surface area contributed by atoms with E-state index in [2.05, 4.69) is 25.3 Å². The minimum atomic E-state index is -0.428. The minimum absolute atomic E-state index is 0.185. The number of H-pyrrole nitrogens is 2. The van der Waals surface area contributed by atoms with Crippen molar-refractivity contribution in [1.82, 2.24) is 19.9 Å². The molecule has 0 radical (unpaired) electrons. The first kappa shape index (κ1) is 17.5. The summed E-state index contributed by atoms with van der Waals surface area (Å²) in [6.45, 7) is 1.80. The third kappa shape index (κ3) is 3.15. The van der Waals surface area contributed by atoms with Gasteiger partial charge in [-0.2, -0.15) is 0 Å². The molecule has 0 aliphatic rings. The van der Waals surface area contributed by atoms with Crippen LogP contribution in [-0.2, 0) is 4.79 Å². The smallest absolute Gasteiger partial charge is 0.323 e. The number of carbonyl (C=O) groups excluding carboxylic acids is 1. The number of anilines is 1. The Balaban J connectivity index is 1.39. The highest BCUT2D eigenvalue weighted by Crippen LogP contribution is 2.34. The molecule has 0 bridgehead atoms. The van der Waals surface area contributed by atoms with Crippen molar-refractivity contribution >= 4 is 56.5 Å². The van der Waals surface area contributed by atoms with E-state index in [1.165, 1.54) is 18.1 Å². The van der Waals surface area contributed by atoms with E-state index in [1.807, 2.05) is 24.3 Å². The SMILES string of the molecule is C[C@H](Sc1ncnc2c1oc1ccccc12)C(=O)Nc1ccc2[nH]c(=O)[nH]c2c1. The summed E-state index contributed by atoms with van der Waals surface area (Å²) >= 11 is 1.30. The van der Waals surface area contributed by atoms with Gasteiger partial charge in [0, 0.05) is 11.1 Å². The Morgan fingerprint density at radius 1 is 1.14 bits per heavy atom. The average molecular weight is 405 g/mol. The Morgan fingerprint density at radius 3 is 2.86 bits per heavy atom. The molecule has 5 aromatic rings. The Hall–Kier alpha value is -3.59. The van der Waals surface area contributed by atoms with Crippen LogP contribution in [0, 0.1) is 0 Å². The number of carbonyl (C=O) groups is 1. The number of hydrogen-bond acceptors (Lipinski definition) is 6. The lowest BCUT2D eigenvalue weighted by molar-refractivity contribution is -0.115. The number of thioether (sulfide) groups is 1. The third-order valence-corrected chi connectivity index (χ3v) is 5.65. The van der Waals surface area contributed by atoms with Crippen molar-refractivity contribution in [2.75, 3.05) is 5.32 Å². The van der Waals surface area contributed by atoms with Crippen molar-refractivity contribution in [3.05, 3.63) is 59.3 Å². The van der Waals surface area contributed by atoms with Gasteiger partial charge in [0.1, 0.15) is 22.5 Å². The first-order chi connectivity index (χ1) is 14.1. The summed E-state index contributed by atoms with van der Waals surface area (Å²) in [6.07, 6.45) is 1.48. The molecule has 0 aliphatic carbocycles. The zero-order valence-corrected chi connectivity index (χ0v) is 16.0. The molecule has 144 valence electrons. The molecule has 5 rings (SSSR count). The topological polar surface area (TPSA) is 117 Å². The van der Waals surface area contributed by atoms with Crippen LogP contribution in [0.3, 0.4) is 0 Å². The Bertz CT molecular complexity index is 1430. The van der Waals surface area contributed by atoms with Gasteiger partial charge in [0.05, 0.1) is 16.3 Å². The van der Waals surface area contributed by atoms with Gasteiger partial charge in [-0.15, -0.1) is 0 Å². The van der Waals surface area contributed by atoms with Gasteiger partial charge in [0.15, 0.2) is 5.58 Å². The van der Waals surface area contributed by atoms with Crippen molar-refractivity contribution in [1.29, 1.82) is 0 Å². The number of rotatable bonds is 4. The number of furan rings is 1. The maximum Gasteiger partial charge on any atom is 0.323 e. The number of hydrogen-bond donors (Lipinski definition) is 3. The van der Waals surface area contributed by atoms with E-state index in [1.54, 1.807) is 25.1 Å². The fourth-order valence-electron chi connectivity index (χ4n) is 3.16. The average Bonchev–Trinajstić information content (AvgIpc) is 3.27. The summed E-state index contributed by atoms with van der Waals surface area (Å²) in [7, 11) is 0. The molecule has 0 unspecified atom stereocenters. The second-order valence-corrected chi connectivity index (χ2v) is 7.87. The summed E-state index contributed by atoms with van der Waals surface area (Å²) in [4.78, 5) is 38.0. The predicted molar refractivity (Wildman–Crippen MR) is 112 cm³/mol. The fourth-order valence-corrected chi connectivity index (χ4v) is 4.02. The summed E-state index contributed by atoms with van der Waals surface area (Å²) in [6, 6.07) is 12.8. The van der Waals surface area contributed by atoms with Gasteiger partial charge in [0.25, 0.3) is 0 Å². The molecule has 2 aromatic carbocycles. The van der Waals surface area contributed by atoms with Crippen molar-refractivity contribution in [2.45, 2.75) is 17.2 Å². The van der Waals surface area contributed by atoms with Gasteiger partial charge in [-0.1, -0.05) is 23.9 Å². The lowest BCUT2D eigenvalue weighted by Gasteiger charge is -2.11. The van der Waals surface area contributed by atoms with Crippen LogP contribution in [-0.4, -0.2) is 31.1 Å². The van der Waals surface area contributed by atoms with Crippen LogP contribution in [0.2, 0.25) is 0 Å². The van der Waals surface area contributed by atoms with Gasteiger partial charge in [0.2, 0.25) is 5.91 Å². The van der Waals surface area contributed by atoms with Gasteiger partial charge >= 0.3 is 5.69 Å². The largest absolute Gasteiger partial charge is 0.451 e. The normalized spacial score (nSPS) is 12.6. The number of nitrogens with zero attached hydrogens (tertiary/aromatic N) is 2. The molecular weight excluding hydrogens is 390 g/mol. The molecule has 29 heavy (non-hydrogen) atoms. The first-order valence-electron chi connectivity index (χ1n) is 8.90. The van der Waals surface area contributed by atoms with Crippen LogP contribution in [0.5, 0.6) is 0 Å². The monoisotopic (exact) mass is 405 g/mol. The van der Waals surface area contributed by atoms with Crippen LogP contribution >= 0.6 is 11.8 Å². The van der Waals surface area contributed by atoms with Crippen molar-refractivity contribution in [3.63, 3.8) is 0 Å². The number of fused-ring (bicyclic) bond motifs is 4. The van der Waals surface area contributed by atoms with Crippen LogP contribution in [0.15, 0.2) is 63.0 Å². The molecule has 3 aromatic heterocycles. The summed E-state index contributed by atoms with van der Waals surface area (Å²) in [5.74, 6) is -0.185. The highest BCUT2D eigenvalue weighted by Gasteiger charge is 2.20. The maximum atomic E-state index is 12.7. The van der Waals surface area contributed by atoms with E-state index in [4.69, 9.17) is 4.42 Å². The van der Waals surface area contributed by atoms with Gasteiger partial charge in [-0.25, -0.2) is 14.8 Å². The maximum absolute atomic E-state index is 12.7. The van der Waals surface area contributed by atoms with Crippen LogP contribution in [0.4, 0.5) is 5.69 Å².